The van der Waals surface area contributed by atoms with Crippen molar-refractivity contribution >= 4 is 44.0 Å². The predicted octanol–water partition coefficient (Wildman–Crippen LogP) is 12.0. The van der Waals surface area contributed by atoms with Gasteiger partial charge in [0, 0.05) is 0 Å². The van der Waals surface area contributed by atoms with Crippen molar-refractivity contribution in [2.24, 2.45) is 0 Å². The van der Waals surface area contributed by atoms with Crippen molar-refractivity contribution in [3.8, 4) is 0 Å². The van der Waals surface area contributed by atoms with Crippen LogP contribution in [0.2, 0.25) is 0 Å². The summed E-state index contributed by atoms with van der Waals surface area (Å²) in [7, 11) is 12.4. The molecular weight excluding hydrogens is 587 g/mol. The Hall–Kier alpha value is -2.74. The number of unbranched alkanes of at least 4 members (excludes halogenated alkanes) is 2. The van der Waals surface area contributed by atoms with Crippen LogP contribution in [0.15, 0.2) is 133 Å². The first kappa shape index (κ1) is 32.2. The van der Waals surface area contributed by atoms with Crippen LogP contribution in [-0.2, 0) is 28.1 Å². The summed E-state index contributed by atoms with van der Waals surface area (Å²) < 4.78 is 1.12. The maximum absolute atomic E-state index is 6.21. The molecule has 0 nitrogen and oxygen atoms in total. The number of benzene rings is 4. The van der Waals surface area contributed by atoms with Crippen LogP contribution in [0.4, 0.5) is 0 Å². The van der Waals surface area contributed by atoms with E-state index >= 15 is 0 Å². The molecule has 0 spiro atoms. The van der Waals surface area contributed by atoms with Gasteiger partial charge in [0.15, 0.2) is 0 Å². The summed E-state index contributed by atoms with van der Waals surface area (Å²) in [5.74, 6) is 0. The van der Waals surface area contributed by atoms with E-state index in [1.54, 1.807) is 0 Å². The molecule has 0 fully saturated rings. The van der Waals surface area contributed by atoms with Gasteiger partial charge in [0.2, 0.25) is 0 Å². The molecule has 0 unspecified atom stereocenters. The molecule has 0 bridgehead atoms. The molecule has 216 valence electrons. The molecule has 3 heteroatoms. The van der Waals surface area contributed by atoms with Crippen molar-refractivity contribution in [2.75, 3.05) is 0 Å². The molecule has 0 aliphatic rings. The molecule has 0 amide bonds. The standard InChI is InChI=1S/C13H10.2C13H15.2ClH.Ti/c1-3-7-12(8-4-1)11-13-9-5-2-6-10-13;2*1-2-3-6-11-9-10-12-7-4-5-8-13(11)12;;;/h1-10H;2*4-5,7-10H,2-3,6H2,1H3;2*1H;/q;2*-1;;;+2/p-2. The fourth-order valence-electron chi connectivity index (χ4n) is 5.19. The summed E-state index contributed by atoms with van der Waals surface area (Å²) in [5, 5.41) is 5.65. The van der Waals surface area contributed by atoms with Crippen molar-refractivity contribution in [1.29, 1.82) is 0 Å². The number of hydrogen-bond acceptors (Lipinski definition) is 0. The van der Waals surface area contributed by atoms with Crippen LogP contribution >= 0.6 is 18.6 Å². The van der Waals surface area contributed by atoms with Crippen molar-refractivity contribution in [1.82, 2.24) is 0 Å². The second-order valence-electron chi connectivity index (χ2n) is 10.5. The second-order valence-corrected chi connectivity index (χ2v) is 16.0. The van der Waals surface area contributed by atoms with Crippen molar-refractivity contribution < 1.29 is 15.3 Å². The minimum absolute atomic E-state index is 1.12. The summed E-state index contributed by atoms with van der Waals surface area (Å²) >= 11 is -2.15. The number of fused-ring (bicyclic) bond motifs is 2. The van der Waals surface area contributed by atoms with Crippen LogP contribution in [0.1, 0.15) is 61.8 Å². The Morgan fingerprint density at radius 1 is 0.548 bits per heavy atom. The van der Waals surface area contributed by atoms with Crippen molar-refractivity contribution in [2.45, 2.75) is 52.4 Å². The SMILES string of the molecule is CCCCc1c[cH-]c2ccccc12.CCCCc1c[cH-]c2ccccc12.[Cl][Ti]([Cl])=[C](c1ccccc1)c1ccccc1. The fourth-order valence-corrected chi connectivity index (χ4v) is 8.20. The van der Waals surface area contributed by atoms with E-state index in [9.17, 15) is 0 Å². The first-order valence-electron chi connectivity index (χ1n) is 15.0. The third-order valence-electron chi connectivity index (χ3n) is 7.45. The second kappa shape index (κ2) is 17.4. The molecule has 0 aliphatic carbocycles. The van der Waals surface area contributed by atoms with Gasteiger partial charge in [-0.2, -0.15) is 11.1 Å². The number of rotatable bonds is 8. The summed E-state index contributed by atoms with van der Waals surface area (Å²) in [6.45, 7) is 4.48. The molecule has 0 radical (unpaired) electrons. The van der Waals surface area contributed by atoms with E-state index in [2.05, 4.69) is 111 Å². The Labute approximate surface area is 265 Å². The average molecular weight is 628 g/mol. The normalized spacial score (nSPS) is 10.5. The van der Waals surface area contributed by atoms with E-state index in [1.165, 1.54) is 71.2 Å². The Balaban J connectivity index is 0.000000146. The van der Waals surface area contributed by atoms with Gasteiger partial charge in [0.05, 0.1) is 0 Å². The number of aryl methyl sites for hydroxylation is 2. The molecule has 0 saturated carbocycles. The van der Waals surface area contributed by atoms with E-state index < -0.39 is 15.3 Å². The Kier molecular flexibility index (Phi) is 13.3. The van der Waals surface area contributed by atoms with Crippen LogP contribution < -0.4 is 0 Å². The van der Waals surface area contributed by atoms with E-state index in [1.807, 2.05) is 36.4 Å². The Bertz CT molecular complexity index is 1530. The maximum atomic E-state index is 6.21. The van der Waals surface area contributed by atoms with Crippen molar-refractivity contribution in [3.63, 3.8) is 0 Å². The van der Waals surface area contributed by atoms with Gasteiger partial charge in [0.1, 0.15) is 0 Å². The summed E-state index contributed by atoms with van der Waals surface area (Å²) in [6.07, 6.45) is 7.61. The fraction of sp³-hybridized carbons (Fsp3) is 0.205. The molecule has 0 atom stereocenters. The molecule has 0 aliphatic heterocycles. The van der Waals surface area contributed by atoms with Gasteiger partial charge < -0.3 is 0 Å². The van der Waals surface area contributed by atoms with E-state index in [-0.39, 0.29) is 0 Å². The number of hydrogen-bond donors (Lipinski definition) is 0. The predicted molar refractivity (Wildman–Crippen MR) is 184 cm³/mol. The third kappa shape index (κ3) is 9.13. The number of halogens is 2. The van der Waals surface area contributed by atoms with E-state index in [4.69, 9.17) is 18.6 Å². The summed E-state index contributed by atoms with van der Waals surface area (Å²) in [5.41, 5.74) is 5.29. The molecule has 6 aromatic carbocycles. The van der Waals surface area contributed by atoms with Gasteiger partial charge in [0.25, 0.3) is 0 Å². The quantitative estimate of drug-likeness (QED) is 0.116. The van der Waals surface area contributed by atoms with Gasteiger partial charge in [-0.1, -0.05) is 64.5 Å². The molecule has 0 N–H and O–H groups in total. The average Bonchev–Trinajstić information content (AvgIpc) is 3.65. The third-order valence-corrected chi connectivity index (χ3v) is 10.5. The van der Waals surface area contributed by atoms with Gasteiger partial charge in [-0.25, -0.2) is 0 Å². The monoisotopic (exact) mass is 626 g/mol. The van der Waals surface area contributed by atoms with Crippen LogP contribution in [-0.4, -0.2) is 3.81 Å². The van der Waals surface area contributed by atoms with Crippen LogP contribution in [0.3, 0.4) is 0 Å². The van der Waals surface area contributed by atoms with Gasteiger partial charge >= 0.3 is 109 Å². The Morgan fingerprint density at radius 2 is 0.929 bits per heavy atom. The van der Waals surface area contributed by atoms with Crippen molar-refractivity contribution in [3.05, 3.63) is 156 Å². The zero-order valence-corrected chi connectivity index (χ0v) is 27.8. The van der Waals surface area contributed by atoms with Gasteiger partial charge in [-0.3, -0.25) is 0 Å². The van der Waals surface area contributed by atoms with Crippen LogP contribution in [0.5, 0.6) is 0 Å². The molecular formula is C39H40Cl2Ti-2. The molecule has 0 heterocycles. The topological polar surface area (TPSA) is 0 Å². The molecule has 6 aromatic rings. The van der Waals surface area contributed by atoms with Crippen LogP contribution in [0.25, 0.3) is 21.5 Å². The molecule has 6 rings (SSSR count). The zero-order chi connectivity index (χ0) is 29.6. The molecule has 0 saturated heterocycles. The zero-order valence-electron chi connectivity index (χ0n) is 24.7. The van der Waals surface area contributed by atoms with Gasteiger partial charge in [-0.05, 0) is 0 Å². The first-order chi connectivity index (χ1) is 20.6. The van der Waals surface area contributed by atoms with E-state index in [0.29, 0.717) is 0 Å². The summed E-state index contributed by atoms with van der Waals surface area (Å²) in [6, 6.07) is 46.5. The van der Waals surface area contributed by atoms with E-state index in [0.717, 1.165) is 14.9 Å². The minimum atomic E-state index is -2.15. The van der Waals surface area contributed by atoms with Gasteiger partial charge in [-0.15, -0.1) is 82.2 Å². The Morgan fingerprint density at radius 3 is 1.31 bits per heavy atom. The molecule has 42 heavy (non-hydrogen) atoms. The van der Waals surface area contributed by atoms with Crippen LogP contribution in [0, 0.1) is 0 Å². The molecule has 0 aromatic heterocycles. The summed E-state index contributed by atoms with van der Waals surface area (Å²) in [4.78, 5) is 0. The first-order valence-corrected chi connectivity index (χ1v) is 20.1.